The Morgan fingerprint density at radius 1 is 1.00 bits per heavy atom. The quantitative estimate of drug-likeness (QED) is 0.115. The Bertz CT molecular complexity index is 818. The fourth-order valence-electron chi connectivity index (χ4n) is 6.01. The number of hydrogen-bond donors (Lipinski definition) is 0. The molecule has 1 unspecified atom stereocenters. The van der Waals surface area contributed by atoms with E-state index >= 15 is 0 Å². The normalized spacial score (nSPS) is 20.1. The van der Waals surface area contributed by atoms with Crippen molar-refractivity contribution in [2.75, 3.05) is 13.9 Å². The molecule has 0 spiro atoms. The van der Waals surface area contributed by atoms with Gasteiger partial charge in [-0.15, -0.1) is 0 Å². The van der Waals surface area contributed by atoms with E-state index in [1.807, 2.05) is 0 Å². The van der Waals surface area contributed by atoms with Crippen molar-refractivity contribution < 1.29 is 13.9 Å². The van der Waals surface area contributed by atoms with E-state index in [9.17, 15) is 0 Å². The molecular formula is C27H43IO3Si2. The van der Waals surface area contributed by atoms with Gasteiger partial charge in [0.2, 0.25) is 0 Å². The summed E-state index contributed by atoms with van der Waals surface area (Å²) >= 11 is 2.13. The summed E-state index contributed by atoms with van der Waals surface area (Å²) in [5.74, 6) is 4.61. The summed E-state index contributed by atoms with van der Waals surface area (Å²) in [5, 5.41) is 1.47. The molecule has 0 heterocycles. The van der Waals surface area contributed by atoms with Crippen LogP contribution in [0.25, 0.3) is 0 Å². The van der Waals surface area contributed by atoms with Gasteiger partial charge in [0.15, 0.2) is 0 Å². The Morgan fingerprint density at radius 2 is 1.58 bits per heavy atom. The second-order valence-electron chi connectivity index (χ2n) is 10.7. The lowest BCUT2D eigenvalue weighted by Gasteiger charge is -2.45. The largest absolute Gasteiger partial charge is 0.546 e. The molecule has 0 saturated heterocycles. The predicted molar refractivity (Wildman–Crippen MR) is 154 cm³/mol. The van der Waals surface area contributed by atoms with E-state index < -0.39 is 16.4 Å². The highest BCUT2D eigenvalue weighted by Crippen LogP contribution is 2.51. The summed E-state index contributed by atoms with van der Waals surface area (Å²) < 4.78 is 21.9. The second-order valence-corrected chi connectivity index (χ2v) is 21.4. The number of hydrogen-bond acceptors (Lipinski definition) is 3. The summed E-state index contributed by atoms with van der Waals surface area (Å²) in [5.41, 5.74) is 2.01. The summed E-state index contributed by atoms with van der Waals surface area (Å²) in [4.78, 5) is 0. The average Bonchev–Trinajstić information content (AvgIpc) is 3.19. The van der Waals surface area contributed by atoms with Crippen molar-refractivity contribution in [3.05, 3.63) is 42.2 Å². The van der Waals surface area contributed by atoms with Gasteiger partial charge in [-0.05, 0) is 38.6 Å². The molecule has 0 aliphatic heterocycles. The molecule has 3 nitrogen and oxygen atoms in total. The Kier molecular flexibility index (Phi) is 10.8. The maximum Gasteiger partial charge on any atom is 0.258 e. The molecule has 2 rings (SSSR count). The van der Waals surface area contributed by atoms with Crippen LogP contribution >= 0.6 is 22.6 Å². The highest BCUT2D eigenvalue weighted by molar-refractivity contribution is 14.1. The molecule has 1 aliphatic rings. The van der Waals surface area contributed by atoms with Crippen LogP contribution in [0.15, 0.2) is 42.2 Å². The molecule has 1 aromatic rings. The monoisotopic (exact) mass is 598 g/mol. The zero-order chi connectivity index (χ0) is 24.8. The molecular weight excluding hydrogens is 555 g/mol. The van der Waals surface area contributed by atoms with Crippen molar-refractivity contribution in [2.24, 2.45) is 5.92 Å². The molecule has 33 heavy (non-hydrogen) atoms. The minimum absolute atomic E-state index is 0.118. The number of halogens is 1. The van der Waals surface area contributed by atoms with Gasteiger partial charge in [0.05, 0.1) is 19.8 Å². The number of ether oxygens (including phenoxy) is 2. The van der Waals surface area contributed by atoms with Gasteiger partial charge in [0.1, 0.15) is 12.9 Å². The Balaban J connectivity index is 2.56. The molecule has 0 bridgehead atoms. The van der Waals surface area contributed by atoms with Crippen molar-refractivity contribution in [2.45, 2.75) is 89.3 Å². The third-order valence-corrected chi connectivity index (χ3v) is 18.3. The van der Waals surface area contributed by atoms with Crippen LogP contribution < -0.4 is 5.19 Å². The van der Waals surface area contributed by atoms with E-state index in [1.165, 1.54) is 5.19 Å². The molecule has 3 atom stereocenters. The minimum Gasteiger partial charge on any atom is -0.546 e. The van der Waals surface area contributed by atoms with E-state index in [4.69, 9.17) is 13.9 Å². The first-order chi connectivity index (χ1) is 15.5. The minimum atomic E-state index is -2.09. The average molecular weight is 599 g/mol. The third kappa shape index (κ3) is 6.16. The molecule has 1 aliphatic carbocycles. The number of allylic oxidation sites excluding steroid dienone is 1. The molecule has 1 aromatic carbocycles. The highest BCUT2D eigenvalue weighted by atomic mass is 127. The van der Waals surface area contributed by atoms with Crippen molar-refractivity contribution in [1.29, 1.82) is 0 Å². The van der Waals surface area contributed by atoms with Crippen LogP contribution in [0.4, 0.5) is 0 Å². The smallest absolute Gasteiger partial charge is 0.258 e. The van der Waals surface area contributed by atoms with Crippen LogP contribution in [-0.4, -0.2) is 36.4 Å². The SMILES string of the molecule is COCOC(C#CI)[C@H]1C(O[Si](C(C)C)(C(C)C)C(C)C)=CC[C@@H]1[Si](C)(C)c1ccccc1. The van der Waals surface area contributed by atoms with Crippen LogP contribution in [0.3, 0.4) is 0 Å². The van der Waals surface area contributed by atoms with E-state index in [2.05, 4.69) is 123 Å². The molecule has 0 saturated carbocycles. The predicted octanol–water partition coefficient (Wildman–Crippen LogP) is 7.45. The topological polar surface area (TPSA) is 27.7 Å². The molecule has 0 amide bonds. The lowest BCUT2D eigenvalue weighted by atomic mass is 10.0. The standard InChI is InChI=1S/C27H43IO3Si2/c1-20(2)33(21(3)4,22(5)6)31-25-15-16-26(27(25)24(17-18-28)30-19-29-7)32(8,9)23-13-11-10-12-14-23/h10-15,20-22,24,26-27H,16,19H2,1-9H3/t24?,26-,27-/m0/s1. The Labute approximate surface area is 218 Å². The van der Waals surface area contributed by atoms with E-state index in [1.54, 1.807) is 7.11 Å². The first kappa shape index (κ1) is 28.6. The van der Waals surface area contributed by atoms with Gasteiger partial charge in [-0.25, -0.2) is 0 Å². The van der Waals surface area contributed by atoms with E-state index in [0.29, 0.717) is 22.2 Å². The van der Waals surface area contributed by atoms with Gasteiger partial charge in [0, 0.05) is 29.7 Å². The number of benzene rings is 1. The van der Waals surface area contributed by atoms with Gasteiger partial charge in [-0.2, -0.15) is 0 Å². The first-order valence-corrected chi connectivity index (χ1v) is 18.5. The van der Waals surface area contributed by atoms with Crippen LogP contribution in [0, 0.1) is 15.8 Å². The van der Waals surface area contributed by atoms with Crippen LogP contribution in [0.1, 0.15) is 48.0 Å². The summed E-state index contributed by atoms with van der Waals surface area (Å²) in [7, 11) is -2.27. The third-order valence-electron chi connectivity index (χ3n) is 7.67. The number of rotatable bonds is 11. The highest BCUT2D eigenvalue weighted by Gasteiger charge is 2.52. The Hall–Kier alpha value is -0.596. The maximum atomic E-state index is 7.30. The van der Waals surface area contributed by atoms with Gasteiger partial charge < -0.3 is 13.9 Å². The summed E-state index contributed by atoms with van der Waals surface area (Å²) in [6.07, 6.45) is 3.15. The van der Waals surface area contributed by atoms with Crippen molar-refractivity contribution >= 4 is 44.2 Å². The molecule has 184 valence electrons. The lowest BCUT2D eigenvalue weighted by Crippen LogP contribution is -2.51. The second kappa shape index (κ2) is 12.4. The van der Waals surface area contributed by atoms with Gasteiger partial charge >= 0.3 is 0 Å². The first-order valence-electron chi connectivity index (χ1n) is 12.2. The lowest BCUT2D eigenvalue weighted by molar-refractivity contribution is -0.0682. The van der Waals surface area contributed by atoms with E-state index in [0.717, 1.165) is 12.2 Å². The molecule has 6 heteroatoms. The van der Waals surface area contributed by atoms with Gasteiger partial charge in [-0.1, -0.05) is 96.1 Å². The Morgan fingerprint density at radius 3 is 2.06 bits per heavy atom. The fraction of sp³-hybridized carbons (Fsp3) is 0.630. The zero-order valence-electron chi connectivity index (χ0n) is 21.9. The number of methoxy groups -OCH3 is 1. The molecule has 0 radical (unpaired) electrons. The molecule has 0 aromatic heterocycles. The molecule has 0 N–H and O–H groups in total. The van der Waals surface area contributed by atoms with Crippen molar-refractivity contribution in [3.8, 4) is 9.85 Å². The van der Waals surface area contributed by atoms with Crippen molar-refractivity contribution in [3.63, 3.8) is 0 Å². The molecule has 0 fully saturated rings. The summed E-state index contributed by atoms with van der Waals surface area (Å²) in [6, 6.07) is 11.0. The van der Waals surface area contributed by atoms with Crippen LogP contribution in [0.5, 0.6) is 0 Å². The van der Waals surface area contributed by atoms with Gasteiger partial charge in [-0.3, -0.25) is 0 Å². The fourth-order valence-corrected chi connectivity index (χ4v) is 15.1. The van der Waals surface area contributed by atoms with Crippen LogP contribution in [0.2, 0.25) is 35.3 Å². The maximum absolute atomic E-state index is 7.30. The summed E-state index contributed by atoms with van der Waals surface area (Å²) in [6.45, 7) is 19.3. The van der Waals surface area contributed by atoms with Gasteiger partial charge in [0.25, 0.3) is 8.32 Å². The van der Waals surface area contributed by atoms with Crippen LogP contribution in [-0.2, 0) is 13.9 Å². The van der Waals surface area contributed by atoms with Crippen molar-refractivity contribution in [1.82, 2.24) is 0 Å². The van der Waals surface area contributed by atoms with E-state index in [-0.39, 0.29) is 18.8 Å². The zero-order valence-corrected chi connectivity index (χ0v) is 26.1.